The van der Waals surface area contributed by atoms with E-state index < -0.39 is 0 Å². The summed E-state index contributed by atoms with van der Waals surface area (Å²) in [6.07, 6.45) is 1.90. The molecule has 0 bridgehead atoms. The zero-order chi connectivity index (χ0) is 14.2. The number of hydrogen-bond donors (Lipinski definition) is 0. The third-order valence-electron chi connectivity index (χ3n) is 3.19. The summed E-state index contributed by atoms with van der Waals surface area (Å²) in [7, 11) is 0. The molecule has 0 radical (unpaired) electrons. The van der Waals surface area contributed by atoms with E-state index >= 15 is 0 Å². The Morgan fingerprint density at radius 3 is 2.35 bits per heavy atom. The standard InChI is InChI=1S/C17H18BrFO/c18-13-15(12-14-6-8-16(19)9-7-14)10-11-20-17-4-2-1-3-5-17/h1-9,15H,10-13H2. The van der Waals surface area contributed by atoms with Crippen molar-refractivity contribution < 1.29 is 9.13 Å². The van der Waals surface area contributed by atoms with Gasteiger partial charge in [0.1, 0.15) is 11.6 Å². The average molecular weight is 337 g/mol. The monoisotopic (exact) mass is 336 g/mol. The number of benzene rings is 2. The third-order valence-corrected chi connectivity index (χ3v) is 4.11. The summed E-state index contributed by atoms with van der Waals surface area (Å²) in [4.78, 5) is 0. The lowest BCUT2D eigenvalue weighted by Gasteiger charge is -2.14. The fourth-order valence-corrected chi connectivity index (χ4v) is 2.60. The summed E-state index contributed by atoms with van der Waals surface area (Å²) in [5.74, 6) is 1.21. The molecule has 1 unspecified atom stereocenters. The highest BCUT2D eigenvalue weighted by molar-refractivity contribution is 9.09. The highest BCUT2D eigenvalue weighted by Crippen LogP contribution is 2.17. The lowest BCUT2D eigenvalue weighted by molar-refractivity contribution is 0.285. The zero-order valence-corrected chi connectivity index (χ0v) is 12.9. The first-order valence-corrected chi connectivity index (χ1v) is 7.88. The van der Waals surface area contributed by atoms with Crippen LogP contribution in [0, 0.1) is 11.7 Å². The maximum absolute atomic E-state index is 12.9. The van der Waals surface area contributed by atoms with Gasteiger partial charge >= 0.3 is 0 Å². The number of para-hydroxylation sites is 1. The zero-order valence-electron chi connectivity index (χ0n) is 11.3. The third kappa shape index (κ3) is 4.97. The molecule has 0 fully saturated rings. The summed E-state index contributed by atoms with van der Waals surface area (Å²) >= 11 is 3.54. The molecule has 0 aliphatic rings. The second-order valence-corrected chi connectivity index (χ2v) is 5.45. The SMILES string of the molecule is Fc1ccc(CC(CBr)CCOc2ccccc2)cc1. The van der Waals surface area contributed by atoms with Crippen LogP contribution in [0.1, 0.15) is 12.0 Å². The van der Waals surface area contributed by atoms with Crippen molar-refractivity contribution in [1.82, 2.24) is 0 Å². The van der Waals surface area contributed by atoms with Gasteiger partial charge in [-0.15, -0.1) is 0 Å². The minimum atomic E-state index is -0.184. The van der Waals surface area contributed by atoms with E-state index in [1.54, 1.807) is 0 Å². The van der Waals surface area contributed by atoms with E-state index in [9.17, 15) is 4.39 Å². The number of halogens is 2. The number of rotatable bonds is 7. The molecule has 2 aromatic rings. The van der Waals surface area contributed by atoms with Gasteiger partial charge in [0.2, 0.25) is 0 Å². The fourth-order valence-electron chi connectivity index (χ4n) is 2.05. The van der Waals surface area contributed by atoms with E-state index in [1.807, 2.05) is 42.5 Å². The number of alkyl halides is 1. The Morgan fingerprint density at radius 2 is 1.70 bits per heavy atom. The second-order valence-electron chi connectivity index (χ2n) is 4.80. The molecular formula is C17H18BrFO. The summed E-state index contributed by atoms with van der Waals surface area (Å²) in [5.41, 5.74) is 1.16. The van der Waals surface area contributed by atoms with Crippen molar-refractivity contribution in [2.45, 2.75) is 12.8 Å². The first-order chi connectivity index (χ1) is 9.78. The molecule has 0 amide bonds. The average Bonchev–Trinajstić information content (AvgIpc) is 2.49. The molecule has 1 atom stereocenters. The van der Waals surface area contributed by atoms with Crippen LogP contribution in [0.3, 0.4) is 0 Å². The van der Waals surface area contributed by atoms with Crippen molar-refractivity contribution in [3.8, 4) is 5.75 Å². The van der Waals surface area contributed by atoms with E-state index in [1.165, 1.54) is 12.1 Å². The van der Waals surface area contributed by atoms with Crippen LogP contribution < -0.4 is 4.74 Å². The quantitative estimate of drug-likeness (QED) is 0.657. The first kappa shape index (κ1) is 15.0. The van der Waals surface area contributed by atoms with Gasteiger partial charge in [0, 0.05) is 5.33 Å². The highest BCUT2D eigenvalue weighted by Gasteiger charge is 2.09. The summed E-state index contributed by atoms with van der Waals surface area (Å²) in [6.45, 7) is 0.696. The van der Waals surface area contributed by atoms with Crippen molar-refractivity contribution in [3.05, 3.63) is 66.0 Å². The van der Waals surface area contributed by atoms with E-state index in [4.69, 9.17) is 4.74 Å². The minimum absolute atomic E-state index is 0.184. The van der Waals surface area contributed by atoms with Crippen LogP contribution >= 0.6 is 15.9 Å². The van der Waals surface area contributed by atoms with Gasteiger partial charge in [-0.05, 0) is 48.6 Å². The molecule has 3 heteroatoms. The van der Waals surface area contributed by atoms with E-state index in [-0.39, 0.29) is 5.82 Å². The molecule has 0 N–H and O–H groups in total. The molecular weight excluding hydrogens is 319 g/mol. The summed E-state index contributed by atoms with van der Waals surface area (Å²) < 4.78 is 18.6. The molecule has 20 heavy (non-hydrogen) atoms. The van der Waals surface area contributed by atoms with Crippen LogP contribution in [0.2, 0.25) is 0 Å². The molecule has 0 heterocycles. The Hall–Kier alpha value is -1.35. The maximum Gasteiger partial charge on any atom is 0.123 e. The molecule has 2 aromatic carbocycles. The van der Waals surface area contributed by atoms with Gasteiger partial charge in [0.25, 0.3) is 0 Å². The predicted molar refractivity (Wildman–Crippen MR) is 83.9 cm³/mol. The molecule has 2 rings (SSSR count). The van der Waals surface area contributed by atoms with Crippen LogP contribution in [0.15, 0.2) is 54.6 Å². The molecule has 0 aliphatic carbocycles. The Morgan fingerprint density at radius 1 is 1.00 bits per heavy atom. The maximum atomic E-state index is 12.9. The Kier molecular flexibility index (Phi) is 6.06. The van der Waals surface area contributed by atoms with E-state index in [0.717, 1.165) is 29.5 Å². The van der Waals surface area contributed by atoms with Gasteiger partial charge in [-0.2, -0.15) is 0 Å². The van der Waals surface area contributed by atoms with Crippen molar-refractivity contribution in [3.63, 3.8) is 0 Å². The van der Waals surface area contributed by atoms with Gasteiger partial charge in [0.15, 0.2) is 0 Å². The molecule has 0 saturated carbocycles. The van der Waals surface area contributed by atoms with Crippen molar-refractivity contribution in [1.29, 1.82) is 0 Å². The van der Waals surface area contributed by atoms with Gasteiger partial charge in [-0.1, -0.05) is 46.3 Å². The Bertz CT molecular complexity index is 498. The Balaban J connectivity index is 1.79. The van der Waals surface area contributed by atoms with Crippen molar-refractivity contribution >= 4 is 15.9 Å². The van der Waals surface area contributed by atoms with Gasteiger partial charge < -0.3 is 4.74 Å². The van der Waals surface area contributed by atoms with E-state index in [2.05, 4.69) is 15.9 Å². The van der Waals surface area contributed by atoms with Crippen LogP contribution in [0.4, 0.5) is 4.39 Å². The minimum Gasteiger partial charge on any atom is -0.494 e. The van der Waals surface area contributed by atoms with E-state index in [0.29, 0.717) is 12.5 Å². The van der Waals surface area contributed by atoms with Crippen LogP contribution in [-0.2, 0) is 6.42 Å². The van der Waals surface area contributed by atoms with Gasteiger partial charge in [0.05, 0.1) is 6.61 Å². The number of hydrogen-bond acceptors (Lipinski definition) is 1. The normalized spacial score (nSPS) is 12.1. The van der Waals surface area contributed by atoms with Crippen LogP contribution in [-0.4, -0.2) is 11.9 Å². The molecule has 1 nitrogen and oxygen atoms in total. The van der Waals surface area contributed by atoms with Gasteiger partial charge in [-0.25, -0.2) is 4.39 Å². The topological polar surface area (TPSA) is 9.23 Å². The molecule has 0 aliphatic heterocycles. The largest absolute Gasteiger partial charge is 0.494 e. The lowest BCUT2D eigenvalue weighted by atomic mass is 9.98. The fraction of sp³-hybridized carbons (Fsp3) is 0.294. The highest BCUT2D eigenvalue weighted by atomic mass is 79.9. The lowest BCUT2D eigenvalue weighted by Crippen LogP contribution is -2.11. The van der Waals surface area contributed by atoms with Crippen LogP contribution in [0.5, 0.6) is 5.75 Å². The molecule has 0 aromatic heterocycles. The van der Waals surface area contributed by atoms with Crippen molar-refractivity contribution in [2.24, 2.45) is 5.92 Å². The first-order valence-electron chi connectivity index (χ1n) is 6.76. The van der Waals surface area contributed by atoms with Gasteiger partial charge in [-0.3, -0.25) is 0 Å². The Labute approximate surface area is 127 Å². The van der Waals surface area contributed by atoms with Crippen LogP contribution in [0.25, 0.3) is 0 Å². The molecule has 0 saturated heterocycles. The second kappa shape index (κ2) is 8.05. The number of ether oxygens (including phenoxy) is 1. The summed E-state index contributed by atoms with van der Waals surface area (Å²) in [5, 5.41) is 0.919. The van der Waals surface area contributed by atoms with Crippen molar-refractivity contribution in [2.75, 3.05) is 11.9 Å². The molecule has 0 spiro atoms. The molecule has 106 valence electrons. The predicted octanol–water partition coefficient (Wildman–Crippen LogP) is 4.85. The summed E-state index contributed by atoms with van der Waals surface area (Å²) in [6, 6.07) is 16.6. The smallest absolute Gasteiger partial charge is 0.123 e.